The molecule has 2 rings (SSSR count). The van der Waals surface area contributed by atoms with Crippen LogP contribution in [0.5, 0.6) is 0 Å². The van der Waals surface area contributed by atoms with E-state index in [1.54, 1.807) is 24.3 Å². The number of carbonyl (C=O) groups is 1. The molecule has 1 N–H and O–H groups in total. The van der Waals surface area contributed by atoms with E-state index in [-0.39, 0.29) is 11.7 Å². The summed E-state index contributed by atoms with van der Waals surface area (Å²) in [5.74, 6) is 0.265. The summed E-state index contributed by atoms with van der Waals surface area (Å²) in [4.78, 5) is 12.3. The molecule has 2 aromatic carbocycles. The van der Waals surface area contributed by atoms with Crippen LogP contribution in [-0.4, -0.2) is 20.6 Å². The van der Waals surface area contributed by atoms with Crippen molar-refractivity contribution in [2.45, 2.75) is 31.9 Å². The van der Waals surface area contributed by atoms with Crippen molar-refractivity contribution in [3.63, 3.8) is 0 Å². The van der Waals surface area contributed by atoms with E-state index in [1.807, 2.05) is 24.3 Å². The smallest absolute Gasteiger partial charge is 0.255 e. The number of amides is 1. The number of hydrogen-bond acceptors (Lipinski definition) is 3. The van der Waals surface area contributed by atoms with Crippen molar-refractivity contribution in [2.24, 2.45) is 0 Å². The Morgan fingerprint density at radius 1 is 1.04 bits per heavy atom. The van der Waals surface area contributed by atoms with E-state index in [2.05, 4.69) is 19.2 Å². The Morgan fingerprint density at radius 2 is 1.62 bits per heavy atom. The van der Waals surface area contributed by atoms with Crippen molar-refractivity contribution in [3.05, 3.63) is 65.2 Å². The van der Waals surface area contributed by atoms with Crippen LogP contribution in [0.3, 0.4) is 0 Å². The van der Waals surface area contributed by atoms with Crippen molar-refractivity contribution < 1.29 is 13.2 Å². The minimum absolute atomic E-state index is 0.0219. The normalized spacial score (nSPS) is 12.6. The van der Waals surface area contributed by atoms with Gasteiger partial charge in [0.15, 0.2) is 9.84 Å². The van der Waals surface area contributed by atoms with Gasteiger partial charge in [-0.15, -0.1) is 0 Å². The lowest BCUT2D eigenvalue weighted by molar-refractivity contribution is 0.102. The van der Waals surface area contributed by atoms with Crippen LogP contribution in [0.1, 0.15) is 47.7 Å². The van der Waals surface area contributed by atoms with E-state index in [9.17, 15) is 13.2 Å². The first kappa shape index (κ1) is 18.2. The summed E-state index contributed by atoms with van der Waals surface area (Å²) in [6.07, 6.45) is 2.27. The second-order valence-corrected chi connectivity index (χ2v) is 8.29. The van der Waals surface area contributed by atoms with Crippen LogP contribution in [0.15, 0.2) is 48.5 Å². The van der Waals surface area contributed by atoms with Crippen molar-refractivity contribution >= 4 is 21.4 Å². The number of carbonyl (C=O) groups excluding carboxylic acids is 1. The van der Waals surface area contributed by atoms with Gasteiger partial charge in [0.2, 0.25) is 0 Å². The zero-order valence-corrected chi connectivity index (χ0v) is 15.1. The van der Waals surface area contributed by atoms with Crippen molar-refractivity contribution in [1.29, 1.82) is 0 Å². The molecule has 0 saturated carbocycles. The first-order valence-electron chi connectivity index (χ1n) is 7.96. The van der Waals surface area contributed by atoms with Gasteiger partial charge in [-0.05, 0) is 47.7 Å². The predicted molar refractivity (Wildman–Crippen MR) is 98.1 cm³/mol. The molecule has 1 atom stereocenters. The largest absolute Gasteiger partial charge is 0.322 e. The zero-order chi connectivity index (χ0) is 17.7. The molecule has 5 heteroatoms. The second-order valence-electron chi connectivity index (χ2n) is 6.15. The highest BCUT2D eigenvalue weighted by molar-refractivity contribution is 7.89. The van der Waals surface area contributed by atoms with Gasteiger partial charge in [0.05, 0.1) is 5.75 Å². The summed E-state index contributed by atoms with van der Waals surface area (Å²) in [6.45, 7) is 4.32. The van der Waals surface area contributed by atoms with Gasteiger partial charge in [-0.1, -0.05) is 38.1 Å². The molecule has 0 unspecified atom stereocenters. The van der Waals surface area contributed by atoms with E-state index in [0.29, 0.717) is 17.0 Å². The molecule has 2 aromatic rings. The van der Waals surface area contributed by atoms with E-state index < -0.39 is 9.84 Å². The molecule has 0 heterocycles. The van der Waals surface area contributed by atoms with Gasteiger partial charge in [0, 0.05) is 17.5 Å². The third kappa shape index (κ3) is 5.20. The van der Waals surface area contributed by atoms with E-state index in [1.165, 1.54) is 11.8 Å². The number of rotatable bonds is 6. The zero-order valence-electron chi connectivity index (χ0n) is 14.2. The second kappa shape index (κ2) is 7.62. The van der Waals surface area contributed by atoms with Crippen LogP contribution < -0.4 is 5.32 Å². The number of nitrogens with one attached hydrogen (secondary N) is 1. The maximum atomic E-state index is 12.3. The first-order valence-corrected chi connectivity index (χ1v) is 10.0. The van der Waals surface area contributed by atoms with Crippen LogP contribution >= 0.6 is 0 Å². The summed E-state index contributed by atoms with van der Waals surface area (Å²) in [7, 11) is -3.07. The molecule has 0 aliphatic rings. The summed E-state index contributed by atoms with van der Waals surface area (Å²) in [5.41, 5.74) is 3.16. The Hall–Kier alpha value is -2.14. The van der Waals surface area contributed by atoms with Gasteiger partial charge in [0.25, 0.3) is 5.91 Å². The Balaban J connectivity index is 2.04. The minimum Gasteiger partial charge on any atom is -0.322 e. The Kier molecular flexibility index (Phi) is 5.78. The minimum atomic E-state index is -3.07. The maximum absolute atomic E-state index is 12.3. The van der Waals surface area contributed by atoms with E-state index in [0.717, 1.165) is 12.1 Å². The van der Waals surface area contributed by atoms with Gasteiger partial charge < -0.3 is 5.32 Å². The molecule has 0 fully saturated rings. The van der Waals surface area contributed by atoms with Gasteiger partial charge in [-0.3, -0.25) is 4.79 Å². The lowest BCUT2D eigenvalue weighted by Gasteiger charge is -2.10. The van der Waals surface area contributed by atoms with Crippen LogP contribution in [0.2, 0.25) is 0 Å². The molecule has 0 saturated heterocycles. The molecule has 0 spiro atoms. The lowest BCUT2D eigenvalue weighted by atomic mass is 9.98. The molecule has 0 radical (unpaired) electrons. The van der Waals surface area contributed by atoms with Crippen molar-refractivity contribution in [2.75, 3.05) is 11.6 Å². The molecule has 0 aliphatic heterocycles. The number of hydrogen-bond donors (Lipinski definition) is 1. The molecule has 0 aromatic heterocycles. The van der Waals surface area contributed by atoms with Gasteiger partial charge in [0.1, 0.15) is 0 Å². The highest BCUT2D eigenvalue weighted by Gasteiger charge is 2.09. The fourth-order valence-corrected chi connectivity index (χ4v) is 3.19. The average molecular weight is 345 g/mol. The van der Waals surface area contributed by atoms with Crippen molar-refractivity contribution in [3.8, 4) is 0 Å². The standard InChI is InChI=1S/C19H23NO3S/c1-4-14(2)16-9-11-18(12-10-16)20-19(21)17-7-5-15(6-8-17)13-24(3,22)23/h5-12,14H,4,13H2,1-3H3,(H,20,21)/t14-/m0/s1. The highest BCUT2D eigenvalue weighted by Crippen LogP contribution is 2.21. The first-order chi connectivity index (χ1) is 11.3. The lowest BCUT2D eigenvalue weighted by Crippen LogP contribution is -2.12. The van der Waals surface area contributed by atoms with Gasteiger partial charge >= 0.3 is 0 Å². The third-order valence-electron chi connectivity index (χ3n) is 3.99. The summed E-state index contributed by atoms with van der Waals surface area (Å²) in [6, 6.07) is 14.5. The summed E-state index contributed by atoms with van der Waals surface area (Å²) in [5, 5.41) is 2.85. The number of sulfone groups is 1. The Morgan fingerprint density at radius 3 is 2.12 bits per heavy atom. The molecule has 0 bridgehead atoms. The summed E-state index contributed by atoms with van der Waals surface area (Å²) < 4.78 is 22.6. The molecule has 24 heavy (non-hydrogen) atoms. The third-order valence-corrected chi connectivity index (χ3v) is 4.85. The Bertz CT molecular complexity index is 794. The Labute approximate surface area is 143 Å². The average Bonchev–Trinajstić information content (AvgIpc) is 2.54. The van der Waals surface area contributed by atoms with Crippen LogP contribution in [-0.2, 0) is 15.6 Å². The fraction of sp³-hybridized carbons (Fsp3) is 0.316. The topological polar surface area (TPSA) is 63.2 Å². The molecular weight excluding hydrogens is 322 g/mol. The van der Waals surface area contributed by atoms with Gasteiger partial charge in [-0.2, -0.15) is 0 Å². The van der Waals surface area contributed by atoms with Gasteiger partial charge in [-0.25, -0.2) is 8.42 Å². The molecule has 4 nitrogen and oxygen atoms in total. The number of benzene rings is 2. The van der Waals surface area contributed by atoms with Crippen molar-refractivity contribution in [1.82, 2.24) is 0 Å². The maximum Gasteiger partial charge on any atom is 0.255 e. The monoisotopic (exact) mass is 345 g/mol. The molecular formula is C19H23NO3S. The van der Waals surface area contributed by atoms with Crippen LogP contribution in [0, 0.1) is 0 Å². The fourth-order valence-electron chi connectivity index (χ4n) is 2.39. The quantitative estimate of drug-likeness (QED) is 0.861. The predicted octanol–water partition coefficient (Wildman–Crippen LogP) is 4.00. The molecule has 128 valence electrons. The van der Waals surface area contributed by atoms with E-state index >= 15 is 0 Å². The SMILES string of the molecule is CC[C@H](C)c1ccc(NC(=O)c2ccc(CS(C)(=O)=O)cc2)cc1. The van der Waals surface area contributed by atoms with Crippen LogP contribution in [0.25, 0.3) is 0 Å². The van der Waals surface area contributed by atoms with Crippen LogP contribution in [0.4, 0.5) is 5.69 Å². The number of anilines is 1. The molecule has 0 aliphatic carbocycles. The highest BCUT2D eigenvalue weighted by atomic mass is 32.2. The summed E-state index contributed by atoms with van der Waals surface area (Å²) >= 11 is 0. The van der Waals surface area contributed by atoms with E-state index in [4.69, 9.17) is 0 Å². The molecule has 1 amide bonds.